The third-order valence-corrected chi connectivity index (χ3v) is 18.1. The molecule has 0 aromatic heterocycles. The molecule has 0 aliphatic carbocycles. The Morgan fingerprint density at radius 2 is 1.09 bits per heavy atom. The smallest absolute Gasteiger partial charge is 0.469 e. The molecule has 0 spiro atoms. The number of hydrogen-bond donors (Lipinski definition) is 1. The van der Waals surface area contributed by atoms with Gasteiger partial charge in [-0.3, -0.25) is 0 Å². The van der Waals surface area contributed by atoms with Gasteiger partial charge in [0.25, 0.3) is 0 Å². The maximum absolute atomic E-state index is 11.1. The van der Waals surface area contributed by atoms with Crippen LogP contribution in [0.15, 0.2) is 12.2 Å². The first-order chi connectivity index (χ1) is 15.7. The third-order valence-electron chi connectivity index (χ3n) is 5.31. The Labute approximate surface area is 226 Å². The van der Waals surface area contributed by atoms with Gasteiger partial charge >= 0.3 is 14.8 Å². The van der Waals surface area contributed by atoms with E-state index in [-0.39, 0.29) is 5.41 Å². The van der Waals surface area contributed by atoms with E-state index >= 15 is 0 Å². The van der Waals surface area contributed by atoms with Crippen LogP contribution in [0.2, 0.25) is 71.0 Å². The van der Waals surface area contributed by atoms with Gasteiger partial charge in [0, 0.05) is 27.3 Å². The van der Waals surface area contributed by atoms with E-state index in [0.29, 0.717) is 5.57 Å². The van der Waals surface area contributed by atoms with Crippen LogP contribution >= 0.6 is 0 Å². The molecule has 0 bridgehead atoms. The van der Waals surface area contributed by atoms with E-state index in [1.165, 1.54) is 22.7 Å². The number of aliphatic carboxylic acids is 1. The van der Waals surface area contributed by atoms with E-state index in [9.17, 15) is 4.79 Å². The highest BCUT2D eigenvalue weighted by Crippen LogP contribution is 2.41. The van der Waals surface area contributed by atoms with Crippen molar-refractivity contribution in [1.82, 2.24) is 0 Å². The van der Waals surface area contributed by atoms with E-state index in [0.717, 1.165) is 44.6 Å². The van der Waals surface area contributed by atoms with Crippen molar-refractivity contribution < 1.29 is 22.2 Å². The van der Waals surface area contributed by atoms with Crippen LogP contribution in [0.25, 0.3) is 0 Å². The van der Waals surface area contributed by atoms with E-state index in [1.807, 2.05) is 0 Å². The second-order valence-corrected chi connectivity index (χ2v) is 30.7. The van der Waals surface area contributed by atoms with Crippen molar-refractivity contribution in [3.63, 3.8) is 0 Å². The summed E-state index contributed by atoms with van der Waals surface area (Å²) in [5, 5.41) is 9.10. The molecule has 0 saturated carbocycles. The van der Waals surface area contributed by atoms with E-state index in [1.54, 1.807) is 0 Å². The lowest BCUT2D eigenvalue weighted by Crippen LogP contribution is -2.60. The molecular formula is C25H60O5Si5. The summed E-state index contributed by atoms with van der Waals surface area (Å²) in [5.41, 5.74) is 0.248. The third kappa shape index (κ3) is 17.3. The Balaban J connectivity index is 0. The molecule has 0 fully saturated rings. The maximum Gasteiger partial charge on any atom is 0.469 e. The summed E-state index contributed by atoms with van der Waals surface area (Å²) < 4.78 is 19.8. The highest BCUT2D eigenvalue weighted by molar-refractivity contribution is 6.90. The molecule has 0 aliphatic rings. The van der Waals surface area contributed by atoms with Gasteiger partial charge in [-0.15, -0.1) is 0 Å². The Morgan fingerprint density at radius 3 is 1.29 bits per heavy atom. The van der Waals surface area contributed by atoms with Crippen LogP contribution in [0.3, 0.4) is 0 Å². The van der Waals surface area contributed by atoms with Gasteiger partial charge in [0.15, 0.2) is 25.0 Å². The highest BCUT2D eigenvalue weighted by Gasteiger charge is 2.49. The minimum absolute atomic E-state index is 0.163. The quantitative estimate of drug-likeness (QED) is 0.141. The van der Waals surface area contributed by atoms with Crippen LogP contribution < -0.4 is 0 Å². The molecule has 210 valence electrons. The van der Waals surface area contributed by atoms with Crippen molar-refractivity contribution in [3.05, 3.63) is 12.2 Å². The number of carbonyl (C=O) groups is 1. The SMILES string of the molecule is C=C(C(=O)O)C(CCC)(CCC)CCC.C[Si](C)(C)O[Si](CCC[SiH3])(O[Si](C)(C)C)O[Si](C)(C)C. The predicted molar refractivity (Wildman–Crippen MR) is 167 cm³/mol. The van der Waals surface area contributed by atoms with Gasteiger partial charge in [0.2, 0.25) is 0 Å². The van der Waals surface area contributed by atoms with Crippen LogP contribution in [-0.2, 0) is 17.1 Å². The minimum atomic E-state index is -2.52. The standard InChI is InChI=1S/C13H24O2.C12H36O3Si5/c1-5-8-13(9-6-2,10-7-3)11(4)12(14)15;1-17(2,3)13-20(12-10-11-16,14-18(4,5)6)15-19(7,8)9/h4-10H2,1-3H3,(H,14,15);10-12H2,1-9,16H3. The molecule has 0 heterocycles. The second-order valence-electron chi connectivity index (χ2n) is 12.7. The molecular weight excluding hydrogens is 521 g/mol. The Kier molecular flexibility index (Phi) is 17.3. The van der Waals surface area contributed by atoms with Gasteiger partial charge in [-0.1, -0.05) is 59.1 Å². The summed E-state index contributed by atoms with van der Waals surface area (Å²) in [5.74, 6) is -0.828. The zero-order valence-electron chi connectivity index (χ0n) is 25.7. The normalized spacial score (nSPS) is 13.4. The average Bonchev–Trinajstić information content (AvgIpc) is 2.62. The largest absolute Gasteiger partial charge is 0.478 e. The lowest BCUT2D eigenvalue weighted by atomic mass is 9.70. The molecule has 0 unspecified atom stereocenters. The molecule has 0 radical (unpaired) electrons. The fourth-order valence-electron chi connectivity index (χ4n) is 4.50. The van der Waals surface area contributed by atoms with E-state index in [2.05, 4.69) is 86.3 Å². The van der Waals surface area contributed by atoms with Gasteiger partial charge in [-0.2, -0.15) is 0 Å². The molecule has 0 aliphatic heterocycles. The summed E-state index contributed by atoms with van der Waals surface area (Å²) in [6.45, 7) is 30.3. The molecule has 0 amide bonds. The number of rotatable bonds is 17. The summed E-state index contributed by atoms with van der Waals surface area (Å²) in [6.07, 6.45) is 7.09. The molecule has 35 heavy (non-hydrogen) atoms. The van der Waals surface area contributed by atoms with E-state index in [4.69, 9.17) is 17.5 Å². The van der Waals surface area contributed by atoms with Crippen molar-refractivity contribution in [3.8, 4) is 0 Å². The first-order valence-corrected chi connectivity index (χ1v) is 27.3. The van der Waals surface area contributed by atoms with Gasteiger partial charge in [-0.05, 0) is 78.2 Å². The van der Waals surface area contributed by atoms with Crippen molar-refractivity contribution in [2.24, 2.45) is 5.41 Å². The van der Waals surface area contributed by atoms with Gasteiger partial charge in [0.05, 0.1) is 0 Å². The van der Waals surface area contributed by atoms with Crippen molar-refractivity contribution >= 4 is 50.0 Å². The molecule has 5 nitrogen and oxygen atoms in total. The number of carboxylic acid groups (broad SMARTS) is 1. The van der Waals surface area contributed by atoms with Crippen molar-refractivity contribution in [2.75, 3.05) is 0 Å². The second kappa shape index (κ2) is 16.2. The fraction of sp³-hybridized carbons (Fsp3) is 0.880. The molecule has 0 saturated heterocycles. The monoisotopic (exact) mass is 580 g/mol. The summed E-state index contributed by atoms with van der Waals surface area (Å²) in [4.78, 5) is 11.1. The van der Waals surface area contributed by atoms with Crippen LogP contribution in [0.5, 0.6) is 0 Å². The summed E-state index contributed by atoms with van der Waals surface area (Å²) in [7, 11) is -6.29. The van der Waals surface area contributed by atoms with Crippen molar-refractivity contribution in [2.45, 2.75) is 137 Å². The van der Waals surface area contributed by atoms with E-state index < -0.39 is 39.7 Å². The summed E-state index contributed by atoms with van der Waals surface area (Å²) >= 11 is 0. The summed E-state index contributed by atoms with van der Waals surface area (Å²) in [6, 6.07) is 2.31. The molecule has 1 N–H and O–H groups in total. The Bertz CT molecular complexity index is 563. The molecule has 0 atom stereocenters. The first kappa shape index (κ1) is 37.3. The Morgan fingerprint density at radius 1 is 0.771 bits per heavy atom. The molecule has 10 heteroatoms. The number of hydrogen-bond acceptors (Lipinski definition) is 4. The van der Waals surface area contributed by atoms with Crippen LogP contribution in [0, 0.1) is 5.41 Å². The lowest BCUT2D eigenvalue weighted by Gasteiger charge is -2.42. The molecule has 0 rings (SSSR count). The molecule has 0 aromatic carbocycles. The first-order valence-electron chi connectivity index (χ1n) is 13.7. The zero-order chi connectivity index (χ0) is 28.1. The van der Waals surface area contributed by atoms with Crippen LogP contribution in [-0.4, -0.2) is 55.1 Å². The van der Waals surface area contributed by atoms with Crippen LogP contribution in [0.1, 0.15) is 65.7 Å². The topological polar surface area (TPSA) is 65.0 Å². The average molecular weight is 581 g/mol. The van der Waals surface area contributed by atoms with Gasteiger partial charge in [0.1, 0.15) is 0 Å². The Hall–Kier alpha value is 0.174. The van der Waals surface area contributed by atoms with Crippen molar-refractivity contribution in [1.29, 1.82) is 0 Å². The zero-order valence-corrected chi connectivity index (χ0v) is 31.7. The molecule has 0 aromatic rings. The number of carboxylic acids is 1. The maximum atomic E-state index is 11.1. The fourth-order valence-corrected chi connectivity index (χ4v) is 20.4. The predicted octanol–water partition coefficient (Wildman–Crippen LogP) is 7.67. The van der Waals surface area contributed by atoms with Gasteiger partial charge < -0.3 is 17.5 Å². The minimum Gasteiger partial charge on any atom is -0.478 e. The van der Waals surface area contributed by atoms with Gasteiger partial charge in [-0.25, -0.2) is 4.79 Å². The highest BCUT2D eigenvalue weighted by atomic mass is 28.5. The lowest BCUT2D eigenvalue weighted by molar-refractivity contribution is -0.134. The van der Waals surface area contributed by atoms with Crippen LogP contribution in [0.4, 0.5) is 0 Å².